The van der Waals surface area contributed by atoms with Gasteiger partial charge in [-0.3, -0.25) is 0 Å². The zero-order valence-electron chi connectivity index (χ0n) is 17.5. The van der Waals surface area contributed by atoms with E-state index in [1.54, 1.807) is 19.2 Å². The molecule has 0 aromatic heterocycles. The van der Waals surface area contributed by atoms with Gasteiger partial charge in [-0.2, -0.15) is 4.31 Å². The van der Waals surface area contributed by atoms with Gasteiger partial charge >= 0.3 is 0 Å². The molecule has 0 aliphatic carbocycles. The third-order valence-corrected chi connectivity index (χ3v) is 7.98. The number of hydrogen-bond acceptors (Lipinski definition) is 6. The Labute approximate surface area is 177 Å². The fourth-order valence-corrected chi connectivity index (χ4v) is 6.12. The Morgan fingerprint density at radius 3 is 2.37 bits per heavy atom. The Hall–Kier alpha value is -2.29. The highest BCUT2D eigenvalue weighted by molar-refractivity contribution is 7.89. The molecule has 0 radical (unpaired) electrons. The number of ether oxygens (including phenoxy) is 4. The first-order valence-electron chi connectivity index (χ1n) is 9.98. The summed E-state index contributed by atoms with van der Waals surface area (Å²) in [6.07, 6.45) is 1.95. The lowest BCUT2D eigenvalue weighted by molar-refractivity contribution is -0.0904. The normalized spacial score (nSPS) is 18.6. The number of nitrogens with zero attached hydrogens (tertiary/aromatic N) is 1. The van der Waals surface area contributed by atoms with E-state index in [1.165, 1.54) is 30.2 Å². The molecule has 0 atom stereocenters. The van der Waals surface area contributed by atoms with E-state index in [4.69, 9.17) is 18.9 Å². The molecule has 1 saturated heterocycles. The highest BCUT2D eigenvalue weighted by Crippen LogP contribution is 2.46. The van der Waals surface area contributed by atoms with Gasteiger partial charge in [-0.1, -0.05) is 12.1 Å². The second-order valence-corrected chi connectivity index (χ2v) is 9.41. The molecule has 2 aromatic carbocycles. The maximum Gasteiger partial charge on any atom is 0.246 e. The van der Waals surface area contributed by atoms with Crippen molar-refractivity contribution in [3.8, 4) is 17.2 Å². The Bertz CT molecular complexity index is 1010. The SMILES string of the molecule is COc1ccc(OC)c(S(=O)(=O)N2CCC3(CC2)OCCc2cccc(OC)c23)c1. The van der Waals surface area contributed by atoms with Crippen LogP contribution in [0.3, 0.4) is 0 Å². The number of fused-ring (bicyclic) bond motifs is 2. The summed E-state index contributed by atoms with van der Waals surface area (Å²) in [5.41, 5.74) is 1.76. The summed E-state index contributed by atoms with van der Waals surface area (Å²) < 4.78 is 50.7. The van der Waals surface area contributed by atoms with Crippen LogP contribution >= 0.6 is 0 Å². The molecular formula is C22H27NO6S. The second-order valence-electron chi connectivity index (χ2n) is 7.51. The zero-order valence-corrected chi connectivity index (χ0v) is 18.3. The number of rotatable bonds is 5. The van der Waals surface area contributed by atoms with E-state index in [-0.39, 0.29) is 4.90 Å². The predicted octanol–water partition coefficient (Wildman–Crippen LogP) is 2.97. The molecule has 2 aliphatic rings. The molecule has 7 nitrogen and oxygen atoms in total. The Morgan fingerprint density at radius 2 is 1.70 bits per heavy atom. The first-order valence-corrected chi connectivity index (χ1v) is 11.4. The van der Waals surface area contributed by atoms with Crippen LogP contribution in [-0.2, 0) is 26.8 Å². The molecular weight excluding hydrogens is 406 g/mol. The van der Waals surface area contributed by atoms with E-state index >= 15 is 0 Å². The van der Waals surface area contributed by atoms with Gasteiger partial charge in [-0.05, 0) is 43.0 Å². The minimum atomic E-state index is -3.74. The molecule has 0 bridgehead atoms. The molecule has 0 unspecified atom stereocenters. The fourth-order valence-electron chi connectivity index (χ4n) is 4.51. The van der Waals surface area contributed by atoms with Gasteiger partial charge in [0.25, 0.3) is 0 Å². The van der Waals surface area contributed by atoms with Crippen molar-refractivity contribution < 1.29 is 27.4 Å². The minimum absolute atomic E-state index is 0.114. The quantitative estimate of drug-likeness (QED) is 0.722. The maximum atomic E-state index is 13.4. The fraction of sp³-hybridized carbons (Fsp3) is 0.455. The van der Waals surface area contributed by atoms with Gasteiger partial charge in [-0.15, -0.1) is 0 Å². The number of hydrogen-bond donors (Lipinski definition) is 0. The summed E-state index contributed by atoms with van der Waals surface area (Å²) in [4.78, 5) is 0.114. The lowest BCUT2D eigenvalue weighted by atomic mass is 9.79. The molecule has 0 amide bonds. The number of methoxy groups -OCH3 is 3. The molecule has 2 aromatic rings. The summed E-state index contributed by atoms with van der Waals surface area (Å²) in [6.45, 7) is 1.32. The van der Waals surface area contributed by atoms with E-state index in [9.17, 15) is 8.42 Å². The lowest BCUT2D eigenvalue weighted by Gasteiger charge is -2.45. The van der Waals surface area contributed by atoms with Gasteiger partial charge in [-0.25, -0.2) is 8.42 Å². The molecule has 1 fully saturated rings. The lowest BCUT2D eigenvalue weighted by Crippen LogP contribution is -2.48. The monoisotopic (exact) mass is 433 g/mol. The molecule has 0 saturated carbocycles. The molecule has 2 aliphatic heterocycles. The summed E-state index contributed by atoms with van der Waals surface area (Å²) in [5, 5.41) is 0. The highest BCUT2D eigenvalue weighted by atomic mass is 32.2. The van der Waals surface area contributed by atoms with Gasteiger partial charge in [0.2, 0.25) is 10.0 Å². The molecule has 2 heterocycles. The Morgan fingerprint density at radius 1 is 0.967 bits per heavy atom. The van der Waals surface area contributed by atoms with Crippen LogP contribution in [0.15, 0.2) is 41.3 Å². The van der Waals surface area contributed by atoms with Gasteiger partial charge in [0.05, 0.1) is 33.5 Å². The summed E-state index contributed by atoms with van der Waals surface area (Å²) in [6, 6.07) is 10.8. The van der Waals surface area contributed by atoms with E-state index in [0.717, 1.165) is 17.7 Å². The third-order valence-electron chi connectivity index (χ3n) is 6.06. The van der Waals surface area contributed by atoms with Gasteiger partial charge in [0.15, 0.2) is 0 Å². The molecule has 1 spiro atoms. The van der Waals surface area contributed by atoms with Crippen LogP contribution in [0, 0.1) is 0 Å². The third kappa shape index (κ3) is 3.42. The first-order chi connectivity index (χ1) is 14.4. The van der Waals surface area contributed by atoms with E-state index in [2.05, 4.69) is 6.07 Å². The van der Waals surface area contributed by atoms with Crippen LogP contribution in [0.5, 0.6) is 17.2 Å². The van der Waals surface area contributed by atoms with Crippen molar-refractivity contribution in [2.24, 2.45) is 0 Å². The largest absolute Gasteiger partial charge is 0.497 e. The molecule has 0 N–H and O–H groups in total. The average Bonchev–Trinajstić information content (AvgIpc) is 2.78. The highest BCUT2D eigenvalue weighted by Gasteiger charge is 2.45. The Balaban J connectivity index is 1.64. The number of sulfonamides is 1. The van der Waals surface area contributed by atoms with Crippen molar-refractivity contribution >= 4 is 10.0 Å². The van der Waals surface area contributed by atoms with Crippen molar-refractivity contribution in [3.05, 3.63) is 47.5 Å². The van der Waals surface area contributed by atoms with Crippen LogP contribution in [0.25, 0.3) is 0 Å². The van der Waals surface area contributed by atoms with Crippen LogP contribution < -0.4 is 14.2 Å². The predicted molar refractivity (Wildman–Crippen MR) is 112 cm³/mol. The zero-order chi connectivity index (χ0) is 21.4. The van der Waals surface area contributed by atoms with Gasteiger partial charge in [0, 0.05) is 24.7 Å². The van der Waals surface area contributed by atoms with Crippen molar-refractivity contribution in [3.63, 3.8) is 0 Å². The first kappa shape index (κ1) is 21.0. The maximum absolute atomic E-state index is 13.4. The molecule has 4 rings (SSSR count). The van der Waals surface area contributed by atoms with Gasteiger partial charge in [0.1, 0.15) is 22.1 Å². The van der Waals surface area contributed by atoms with Crippen LogP contribution in [-0.4, -0.2) is 53.7 Å². The summed E-state index contributed by atoms with van der Waals surface area (Å²) >= 11 is 0. The summed E-state index contributed by atoms with van der Waals surface area (Å²) in [5.74, 6) is 1.58. The molecule has 8 heteroatoms. The van der Waals surface area contributed by atoms with E-state index < -0.39 is 15.6 Å². The van der Waals surface area contributed by atoms with Crippen LogP contribution in [0.4, 0.5) is 0 Å². The standard InChI is InChI=1S/C22H27NO6S/c1-26-17-7-8-18(27-2)20(15-17)30(24,25)23-12-10-22(11-13-23)21-16(9-14-29-22)5-4-6-19(21)28-3/h4-8,15H,9-14H2,1-3H3. The van der Waals surface area contributed by atoms with Crippen molar-refractivity contribution in [1.82, 2.24) is 4.31 Å². The van der Waals surface area contributed by atoms with Crippen molar-refractivity contribution in [1.29, 1.82) is 0 Å². The smallest absolute Gasteiger partial charge is 0.246 e. The van der Waals surface area contributed by atoms with Crippen molar-refractivity contribution in [2.45, 2.75) is 29.8 Å². The van der Waals surface area contributed by atoms with Crippen LogP contribution in [0.1, 0.15) is 24.0 Å². The van der Waals surface area contributed by atoms with E-state index in [0.29, 0.717) is 44.0 Å². The Kier molecular flexibility index (Phi) is 5.65. The summed E-state index contributed by atoms with van der Waals surface area (Å²) in [7, 11) is 0.886. The average molecular weight is 434 g/mol. The van der Waals surface area contributed by atoms with Gasteiger partial charge < -0.3 is 18.9 Å². The van der Waals surface area contributed by atoms with E-state index in [1.807, 2.05) is 12.1 Å². The number of benzene rings is 2. The van der Waals surface area contributed by atoms with Crippen LogP contribution in [0.2, 0.25) is 0 Å². The topological polar surface area (TPSA) is 74.3 Å². The van der Waals surface area contributed by atoms with Crippen molar-refractivity contribution in [2.75, 3.05) is 41.0 Å². The minimum Gasteiger partial charge on any atom is -0.497 e. The molecule has 162 valence electrons. The molecule has 30 heavy (non-hydrogen) atoms. The second kappa shape index (κ2) is 8.09. The number of piperidine rings is 1.